The van der Waals surface area contributed by atoms with Gasteiger partial charge in [-0.2, -0.15) is 0 Å². The maximum absolute atomic E-state index is 5.38. The molecule has 168 valence electrons. The normalized spacial score (nSPS) is 14.7. The highest BCUT2D eigenvalue weighted by molar-refractivity contribution is 5.79. The van der Waals surface area contributed by atoms with Crippen molar-refractivity contribution in [3.63, 3.8) is 0 Å². The van der Waals surface area contributed by atoms with Gasteiger partial charge in [0.2, 0.25) is 0 Å². The van der Waals surface area contributed by atoms with Gasteiger partial charge in [-0.15, -0.1) is 0 Å². The molecule has 1 aromatic carbocycles. The fourth-order valence-electron chi connectivity index (χ4n) is 3.78. The number of pyridine rings is 1. The number of aliphatic imine (C=N–C) groups is 1. The van der Waals surface area contributed by atoms with Crippen molar-refractivity contribution >= 4 is 11.8 Å². The van der Waals surface area contributed by atoms with Crippen molar-refractivity contribution in [1.82, 2.24) is 15.6 Å². The number of hydrogen-bond acceptors (Lipinski definition) is 5. The van der Waals surface area contributed by atoms with E-state index >= 15 is 0 Å². The van der Waals surface area contributed by atoms with Gasteiger partial charge in [0.25, 0.3) is 0 Å². The monoisotopic (exact) mass is 425 g/mol. The molecule has 0 amide bonds. The molecule has 7 nitrogen and oxygen atoms in total. The maximum atomic E-state index is 5.38. The van der Waals surface area contributed by atoms with E-state index in [9.17, 15) is 0 Å². The summed E-state index contributed by atoms with van der Waals surface area (Å²) in [6.45, 7) is 3.67. The zero-order valence-corrected chi connectivity index (χ0v) is 19.0. The highest BCUT2D eigenvalue weighted by Gasteiger charge is 2.11. The summed E-state index contributed by atoms with van der Waals surface area (Å²) < 4.78 is 10.7. The van der Waals surface area contributed by atoms with Crippen LogP contribution in [-0.2, 0) is 13.0 Å². The first kappa shape index (κ1) is 22.7. The van der Waals surface area contributed by atoms with Crippen LogP contribution in [0.4, 0.5) is 5.82 Å². The average molecular weight is 426 g/mol. The molecule has 2 aromatic rings. The average Bonchev–Trinajstić information content (AvgIpc) is 3.11. The van der Waals surface area contributed by atoms with Crippen LogP contribution in [0.25, 0.3) is 0 Å². The number of anilines is 1. The lowest BCUT2D eigenvalue weighted by Gasteiger charge is -2.21. The minimum Gasteiger partial charge on any atom is -0.493 e. The Morgan fingerprint density at radius 1 is 0.968 bits per heavy atom. The topological polar surface area (TPSA) is 71.0 Å². The van der Waals surface area contributed by atoms with Crippen LogP contribution in [-0.4, -0.2) is 51.8 Å². The number of hydrogen-bond donors (Lipinski definition) is 2. The molecular weight excluding hydrogens is 390 g/mol. The molecule has 1 aliphatic rings. The number of ether oxygens (including phenoxy) is 2. The van der Waals surface area contributed by atoms with Gasteiger partial charge in [0.15, 0.2) is 17.5 Å². The van der Waals surface area contributed by atoms with Crippen LogP contribution in [0, 0.1) is 0 Å². The van der Waals surface area contributed by atoms with Gasteiger partial charge in [0, 0.05) is 39.4 Å². The van der Waals surface area contributed by atoms with Crippen LogP contribution in [0.5, 0.6) is 11.5 Å². The summed E-state index contributed by atoms with van der Waals surface area (Å²) in [6, 6.07) is 10.3. The number of nitrogens with one attached hydrogen (secondary N) is 2. The van der Waals surface area contributed by atoms with E-state index in [0.717, 1.165) is 54.9 Å². The van der Waals surface area contributed by atoms with Crippen LogP contribution in [0.3, 0.4) is 0 Å². The zero-order valence-electron chi connectivity index (χ0n) is 19.0. The molecule has 31 heavy (non-hydrogen) atoms. The fraction of sp³-hybridized carbons (Fsp3) is 0.500. The molecule has 0 atom stereocenters. The van der Waals surface area contributed by atoms with Crippen LogP contribution in [0.2, 0.25) is 0 Å². The summed E-state index contributed by atoms with van der Waals surface area (Å²) in [5.74, 6) is 3.35. The number of methoxy groups -OCH3 is 2. The predicted molar refractivity (Wildman–Crippen MR) is 126 cm³/mol. The van der Waals surface area contributed by atoms with E-state index in [1.54, 1.807) is 21.3 Å². The minimum atomic E-state index is 0.684. The van der Waals surface area contributed by atoms with Crippen LogP contribution in [0.1, 0.15) is 36.8 Å². The molecule has 3 rings (SSSR count). The molecule has 1 aliphatic heterocycles. The summed E-state index contributed by atoms with van der Waals surface area (Å²) in [4.78, 5) is 11.4. The van der Waals surface area contributed by atoms with E-state index < -0.39 is 0 Å². The van der Waals surface area contributed by atoms with E-state index in [-0.39, 0.29) is 0 Å². The standard InChI is InChI=1S/C24H35N5O2/c1-25-24(26-13-12-19-8-10-21(30-2)22(16-19)31-3)28-18-20-9-11-23(27-17-20)29-14-6-4-5-7-15-29/h8-11,16-17H,4-7,12-15,18H2,1-3H3,(H2,25,26,28). The van der Waals surface area contributed by atoms with Gasteiger partial charge >= 0.3 is 0 Å². The molecular formula is C24H35N5O2. The Hall–Kier alpha value is -2.96. The molecule has 0 spiro atoms. The van der Waals surface area contributed by atoms with Gasteiger partial charge in [0.05, 0.1) is 14.2 Å². The zero-order chi connectivity index (χ0) is 21.9. The van der Waals surface area contributed by atoms with Crippen molar-refractivity contribution in [1.29, 1.82) is 0 Å². The van der Waals surface area contributed by atoms with Crippen molar-refractivity contribution in [3.8, 4) is 11.5 Å². The summed E-state index contributed by atoms with van der Waals surface area (Å²) >= 11 is 0. The smallest absolute Gasteiger partial charge is 0.191 e. The molecule has 1 saturated heterocycles. The molecule has 2 heterocycles. The number of nitrogens with zero attached hydrogens (tertiary/aromatic N) is 3. The molecule has 0 unspecified atom stereocenters. The summed E-state index contributed by atoms with van der Waals surface area (Å²) in [7, 11) is 5.08. The Labute approximate surface area is 185 Å². The Balaban J connectivity index is 1.45. The van der Waals surface area contributed by atoms with Gasteiger partial charge in [-0.25, -0.2) is 4.98 Å². The first-order valence-corrected chi connectivity index (χ1v) is 11.1. The minimum absolute atomic E-state index is 0.684. The van der Waals surface area contributed by atoms with Crippen molar-refractivity contribution in [3.05, 3.63) is 47.7 Å². The van der Waals surface area contributed by atoms with Gasteiger partial charge in [0.1, 0.15) is 5.82 Å². The lowest BCUT2D eigenvalue weighted by atomic mass is 10.1. The van der Waals surface area contributed by atoms with E-state index in [2.05, 4.69) is 43.7 Å². The molecule has 0 bridgehead atoms. The molecule has 1 aromatic heterocycles. The van der Waals surface area contributed by atoms with Crippen molar-refractivity contribution in [2.45, 2.75) is 38.6 Å². The van der Waals surface area contributed by atoms with Gasteiger partial charge < -0.3 is 25.0 Å². The Morgan fingerprint density at radius 2 is 1.71 bits per heavy atom. The van der Waals surface area contributed by atoms with E-state index in [0.29, 0.717) is 6.54 Å². The number of rotatable bonds is 8. The van der Waals surface area contributed by atoms with Gasteiger partial charge in [-0.3, -0.25) is 4.99 Å². The third-order valence-corrected chi connectivity index (χ3v) is 5.58. The quantitative estimate of drug-likeness (QED) is 0.499. The fourth-order valence-corrected chi connectivity index (χ4v) is 3.78. The first-order chi connectivity index (χ1) is 15.2. The molecule has 1 fully saturated rings. The van der Waals surface area contributed by atoms with Crippen LogP contribution in [0.15, 0.2) is 41.5 Å². The van der Waals surface area contributed by atoms with Crippen LogP contribution >= 0.6 is 0 Å². The van der Waals surface area contributed by atoms with Gasteiger partial charge in [-0.1, -0.05) is 25.0 Å². The Kier molecular flexibility index (Phi) is 8.82. The molecule has 2 N–H and O–H groups in total. The largest absolute Gasteiger partial charge is 0.493 e. The maximum Gasteiger partial charge on any atom is 0.191 e. The predicted octanol–water partition coefficient (Wildman–Crippen LogP) is 3.39. The lowest BCUT2D eigenvalue weighted by molar-refractivity contribution is 0.354. The van der Waals surface area contributed by atoms with Crippen molar-refractivity contribution < 1.29 is 9.47 Å². The molecule has 0 aliphatic carbocycles. The summed E-state index contributed by atoms with van der Waals surface area (Å²) in [5, 5.41) is 6.72. The SMILES string of the molecule is CN=C(NCCc1ccc(OC)c(OC)c1)NCc1ccc(N2CCCCCC2)nc1. The van der Waals surface area contributed by atoms with Crippen LogP contribution < -0.4 is 25.0 Å². The highest BCUT2D eigenvalue weighted by Crippen LogP contribution is 2.27. The first-order valence-electron chi connectivity index (χ1n) is 11.1. The number of aromatic nitrogens is 1. The second-order valence-electron chi connectivity index (χ2n) is 7.72. The number of guanidine groups is 1. The highest BCUT2D eigenvalue weighted by atomic mass is 16.5. The van der Waals surface area contributed by atoms with Crippen molar-refractivity contribution in [2.75, 3.05) is 45.8 Å². The molecule has 0 saturated carbocycles. The summed E-state index contributed by atoms with van der Waals surface area (Å²) in [5.41, 5.74) is 2.32. The third-order valence-electron chi connectivity index (χ3n) is 5.58. The van der Waals surface area contributed by atoms with E-state index in [1.165, 1.54) is 31.2 Å². The Morgan fingerprint density at radius 3 is 2.35 bits per heavy atom. The number of benzene rings is 1. The van der Waals surface area contributed by atoms with E-state index in [1.807, 2.05) is 18.3 Å². The second kappa shape index (κ2) is 12.0. The van der Waals surface area contributed by atoms with Gasteiger partial charge in [-0.05, 0) is 48.6 Å². The summed E-state index contributed by atoms with van der Waals surface area (Å²) in [6.07, 6.45) is 8.00. The lowest BCUT2D eigenvalue weighted by Crippen LogP contribution is -2.37. The molecule has 7 heteroatoms. The second-order valence-corrected chi connectivity index (χ2v) is 7.72. The Bertz CT molecular complexity index is 830. The molecule has 0 radical (unpaired) electrons. The van der Waals surface area contributed by atoms with Crippen molar-refractivity contribution in [2.24, 2.45) is 4.99 Å². The van der Waals surface area contributed by atoms with E-state index in [4.69, 9.17) is 9.47 Å². The third kappa shape index (κ3) is 6.77.